The van der Waals surface area contributed by atoms with Crippen LogP contribution in [-0.4, -0.2) is 32.3 Å². The van der Waals surface area contributed by atoms with Gasteiger partial charge in [0.25, 0.3) is 0 Å². The fourth-order valence-electron chi connectivity index (χ4n) is 0.516. The molecule has 0 aromatic rings. The van der Waals surface area contributed by atoms with Crippen molar-refractivity contribution >= 4 is 6.03 Å². The van der Waals surface area contributed by atoms with Crippen LogP contribution in [0.5, 0.6) is 0 Å². The third-order valence-electron chi connectivity index (χ3n) is 0.846. The van der Waals surface area contributed by atoms with E-state index in [1.807, 2.05) is 0 Å². The molecule has 11 heavy (non-hydrogen) atoms. The van der Waals surface area contributed by atoms with E-state index in [1.54, 1.807) is 0 Å². The van der Waals surface area contributed by atoms with Crippen LogP contribution in [0, 0.1) is 0 Å². The van der Waals surface area contributed by atoms with E-state index in [-0.39, 0.29) is 12.4 Å². The van der Waals surface area contributed by atoms with Crippen molar-refractivity contribution in [1.82, 2.24) is 5.32 Å². The number of primary amides is 2. The van der Waals surface area contributed by atoms with Crippen LogP contribution in [0.15, 0.2) is 0 Å². The number of hydrogen-bond acceptors (Lipinski definition) is 3. The number of carbonyl (C=O) groups is 1. The van der Waals surface area contributed by atoms with Crippen molar-refractivity contribution in [3.8, 4) is 0 Å². The third kappa shape index (κ3) is 17.7. The van der Waals surface area contributed by atoms with Gasteiger partial charge in [0.15, 0.2) is 0 Å². The predicted octanol–water partition coefficient (Wildman–Crippen LogP) is -4.37. The molecule has 0 unspecified atom stereocenters. The fraction of sp³-hybridized carbons (Fsp3) is 0.800. The second-order valence-electron chi connectivity index (χ2n) is 1.76. The van der Waals surface area contributed by atoms with E-state index in [0.717, 1.165) is 26.3 Å². The summed E-state index contributed by atoms with van der Waals surface area (Å²) in [5.74, 6) is 0. The Morgan fingerprint density at radius 3 is 1.73 bits per heavy atom. The monoisotopic (exact) mass is 182 g/mol. The fourth-order valence-corrected chi connectivity index (χ4v) is 0.516. The first-order valence-corrected chi connectivity index (χ1v) is 3.07. The van der Waals surface area contributed by atoms with Crippen molar-refractivity contribution in [1.29, 1.82) is 0 Å². The van der Waals surface area contributed by atoms with Crippen LogP contribution in [0.3, 0.4) is 0 Å². The largest absolute Gasteiger partial charge is 1.00 e. The molecule has 1 aliphatic rings. The van der Waals surface area contributed by atoms with E-state index in [2.05, 4.69) is 16.8 Å². The van der Waals surface area contributed by atoms with Crippen molar-refractivity contribution in [3.05, 3.63) is 0 Å². The molecular weight excluding hydrogens is 170 g/mol. The normalized spacial score (nSPS) is 15.3. The quantitative estimate of drug-likeness (QED) is 0.354. The van der Waals surface area contributed by atoms with Crippen LogP contribution in [0.2, 0.25) is 0 Å². The van der Waals surface area contributed by atoms with E-state index in [0.29, 0.717) is 0 Å². The van der Waals surface area contributed by atoms with Crippen molar-refractivity contribution in [3.63, 3.8) is 0 Å². The first-order chi connectivity index (χ1) is 4.73. The highest BCUT2D eigenvalue weighted by Crippen LogP contribution is 1.76. The molecule has 0 aliphatic carbocycles. The van der Waals surface area contributed by atoms with Gasteiger partial charge in [0.1, 0.15) is 0 Å². The summed E-state index contributed by atoms with van der Waals surface area (Å²) < 4.78 is 5.01. The Morgan fingerprint density at radius 1 is 1.27 bits per heavy atom. The molecule has 0 aromatic heterocycles. The average Bonchev–Trinajstić information content (AvgIpc) is 1.90. The molecule has 0 radical (unpaired) electrons. The lowest BCUT2D eigenvalue weighted by Crippen LogP contribution is -3.00. The Morgan fingerprint density at radius 2 is 1.64 bits per heavy atom. The molecule has 1 aliphatic heterocycles. The highest BCUT2D eigenvalue weighted by atomic mass is 35.5. The van der Waals surface area contributed by atoms with Crippen molar-refractivity contribution in [2.24, 2.45) is 11.5 Å². The summed E-state index contributed by atoms with van der Waals surface area (Å²) >= 11 is 0. The first-order valence-electron chi connectivity index (χ1n) is 3.07. The minimum atomic E-state index is -0.833. The predicted molar refractivity (Wildman–Crippen MR) is 37.5 cm³/mol. The summed E-state index contributed by atoms with van der Waals surface area (Å²) in [6.07, 6.45) is 0. The number of hydrogen-bond donors (Lipinski definition) is 3. The van der Waals surface area contributed by atoms with Gasteiger partial charge in [0.2, 0.25) is 0 Å². The van der Waals surface area contributed by atoms with Crippen LogP contribution in [0.4, 0.5) is 4.79 Å². The standard InChI is InChI=1S/C4H9NO.CH4N2O.ClH/c1-3-6-4-2-5-1;2-1(3)4;/h5H,1-4H2;(H4,2,3,4);1H/p-1. The van der Waals surface area contributed by atoms with Crippen LogP contribution in [0.25, 0.3) is 0 Å². The molecule has 1 rings (SSSR count). The molecule has 1 saturated heterocycles. The number of halogens is 1. The van der Waals surface area contributed by atoms with E-state index in [9.17, 15) is 0 Å². The Balaban J connectivity index is 0. The topological polar surface area (TPSA) is 90.4 Å². The summed E-state index contributed by atoms with van der Waals surface area (Å²) in [7, 11) is 0. The van der Waals surface area contributed by atoms with Crippen molar-refractivity contribution < 1.29 is 21.9 Å². The molecule has 68 valence electrons. The molecular formula is C5H13ClN3O2-. The SMILES string of the molecule is C1COCCN1.NC(N)=O.[Cl-]. The molecule has 1 fully saturated rings. The second kappa shape index (κ2) is 9.48. The van der Waals surface area contributed by atoms with Crippen LogP contribution < -0.4 is 29.2 Å². The molecule has 0 aromatic carbocycles. The Bertz CT molecular complexity index is 82.2. The molecule has 0 atom stereocenters. The second-order valence-corrected chi connectivity index (χ2v) is 1.76. The van der Waals surface area contributed by atoms with Gasteiger partial charge in [-0.15, -0.1) is 0 Å². The number of morpholine rings is 1. The summed E-state index contributed by atoms with van der Waals surface area (Å²) in [5.41, 5.74) is 8.50. The van der Waals surface area contributed by atoms with Crippen LogP contribution in [0.1, 0.15) is 0 Å². The van der Waals surface area contributed by atoms with Crippen molar-refractivity contribution in [2.75, 3.05) is 26.3 Å². The Labute approximate surface area is 71.9 Å². The minimum Gasteiger partial charge on any atom is -1.00 e. The van der Waals surface area contributed by atoms with E-state index in [1.165, 1.54) is 0 Å². The number of nitrogens with one attached hydrogen (secondary N) is 1. The maximum Gasteiger partial charge on any atom is 0.309 e. The summed E-state index contributed by atoms with van der Waals surface area (Å²) in [5, 5.41) is 3.16. The maximum atomic E-state index is 9.00. The van der Waals surface area contributed by atoms with Gasteiger partial charge in [0, 0.05) is 13.1 Å². The summed E-state index contributed by atoms with van der Waals surface area (Å²) in [6.45, 7) is 3.83. The summed E-state index contributed by atoms with van der Waals surface area (Å²) in [4.78, 5) is 9.00. The molecule has 5 nitrogen and oxygen atoms in total. The number of nitrogens with two attached hydrogens (primary N) is 2. The van der Waals surface area contributed by atoms with Gasteiger partial charge in [-0.25, -0.2) is 4.79 Å². The van der Waals surface area contributed by atoms with Gasteiger partial charge in [-0.2, -0.15) is 0 Å². The first kappa shape index (κ1) is 13.1. The molecule has 0 saturated carbocycles. The zero-order valence-electron chi connectivity index (χ0n) is 6.18. The lowest BCUT2D eigenvalue weighted by atomic mass is 10.5. The average molecular weight is 183 g/mol. The van der Waals surface area contributed by atoms with E-state index in [4.69, 9.17) is 9.53 Å². The van der Waals surface area contributed by atoms with Gasteiger partial charge in [-0.05, 0) is 0 Å². The van der Waals surface area contributed by atoms with Crippen molar-refractivity contribution in [2.45, 2.75) is 0 Å². The molecule has 5 N–H and O–H groups in total. The van der Waals surface area contributed by atoms with Gasteiger partial charge >= 0.3 is 6.03 Å². The molecule has 0 bridgehead atoms. The Hall–Kier alpha value is -0.520. The zero-order valence-corrected chi connectivity index (χ0v) is 6.93. The lowest BCUT2D eigenvalue weighted by molar-refractivity contribution is -0.00000640. The third-order valence-corrected chi connectivity index (χ3v) is 0.846. The highest BCUT2D eigenvalue weighted by molar-refractivity contribution is 5.69. The van der Waals surface area contributed by atoms with Crippen LogP contribution in [-0.2, 0) is 4.74 Å². The van der Waals surface area contributed by atoms with E-state index < -0.39 is 6.03 Å². The molecule has 6 heteroatoms. The van der Waals surface area contributed by atoms with Gasteiger partial charge in [-0.1, -0.05) is 0 Å². The summed E-state index contributed by atoms with van der Waals surface area (Å²) in [6, 6.07) is -0.833. The highest BCUT2D eigenvalue weighted by Gasteiger charge is 1.92. The smallest absolute Gasteiger partial charge is 0.309 e. The molecule has 2 amide bonds. The Kier molecular flexibility index (Phi) is 11.3. The van der Waals surface area contributed by atoms with Crippen LogP contribution >= 0.6 is 0 Å². The molecule has 0 spiro atoms. The molecule has 1 heterocycles. The number of rotatable bonds is 0. The maximum absolute atomic E-state index is 9.00. The van der Waals surface area contributed by atoms with Gasteiger partial charge in [0.05, 0.1) is 13.2 Å². The zero-order chi connectivity index (χ0) is 7.82. The number of ether oxygens (including phenoxy) is 1. The number of amides is 2. The number of urea groups is 1. The lowest BCUT2D eigenvalue weighted by Gasteiger charge is -2.10. The van der Waals surface area contributed by atoms with Gasteiger partial charge < -0.3 is 33.9 Å². The van der Waals surface area contributed by atoms with Gasteiger partial charge in [-0.3, -0.25) is 0 Å². The number of carbonyl (C=O) groups excluding carboxylic acids is 1. The van der Waals surface area contributed by atoms with E-state index >= 15 is 0 Å². The minimum absolute atomic E-state index is 0.